The molecule has 0 saturated carbocycles. The molecule has 2 fully saturated rings. The van der Waals surface area contributed by atoms with Crippen LogP contribution in [0.25, 0.3) is 0 Å². The summed E-state index contributed by atoms with van der Waals surface area (Å²) >= 11 is 0. The first kappa shape index (κ1) is 18.8. The maximum Gasteiger partial charge on any atom is 0.272 e. The second kappa shape index (κ2) is 6.96. The number of aryl methyl sites for hydroxylation is 2. The Kier molecular flexibility index (Phi) is 4.51. The van der Waals surface area contributed by atoms with Crippen LogP contribution in [0.1, 0.15) is 59.0 Å². The molecule has 154 valence electrons. The summed E-state index contributed by atoms with van der Waals surface area (Å²) in [6, 6.07) is 10.5. The highest BCUT2D eigenvalue weighted by molar-refractivity contribution is 5.92. The summed E-state index contributed by atoms with van der Waals surface area (Å²) in [5.41, 5.74) is 3.85. The van der Waals surface area contributed by atoms with E-state index in [1.807, 2.05) is 24.9 Å². The fourth-order valence-electron chi connectivity index (χ4n) is 5.90. The van der Waals surface area contributed by atoms with Crippen molar-refractivity contribution in [3.63, 3.8) is 0 Å². The number of carbonyl (C=O) groups is 1. The number of rotatable bonds is 2. The third-order valence-corrected chi connectivity index (χ3v) is 7.38. The van der Waals surface area contributed by atoms with E-state index in [-0.39, 0.29) is 17.4 Å². The van der Waals surface area contributed by atoms with Crippen molar-refractivity contribution < 1.29 is 9.90 Å². The molecule has 6 heteroatoms. The summed E-state index contributed by atoms with van der Waals surface area (Å²) in [4.78, 5) is 17.4. The zero-order valence-electron chi connectivity index (χ0n) is 17.3. The SMILES string of the molecule is Cc1cc(C(=O)N2CCC3(CC2)c2ccccc2[C@@H](N2CCCC2)[C@@H]3O)n(C)n1. The molecule has 1 aromatic heterocycles. The van der Waals surface area contributed by atoms with Crippen LogP contribution in [0.5, 0.6) is 0 Å². The van der Waals surface area contributed by atoms with Crippen LogP contribution < -0.4 is 0 Å². The highest BCUT2D eigenvalue weighted by atomic mass is 16.3. The lowest BCUT2D eigenvalue weighted by Gasteiger charge is -2.43. The van der Waals surface area contributed by atoms with Gasteiger partial charge in [-0.2, -0.15) is 5.10 Å². The van der Waals surface area contributed by atoms with E-state index < -0.39 is 6.10 Å². The number of aromatic nitrogens is 2. The molecule has 3 aliphatic rings. The fraction of sp³-hybridized carbons (Fsp3) is 0.565. The molecule has 0 bridgehead atoms. The number of likely N-dealkylation sites (tertiary alicyclic amines) is 2. The van der Waals surface area contributed by atoms with Crippen LogP contribution in [0.4, 0.5) is 0 Å². The molecule has 2 saturated heterocycles. The van der Waals surface area contributed by atoms with Crippen LogP contribution in [0.2, 0.25) is 0 Å². The first-order valence-electron chi connectivity index (χ1n) is 10.8. The van der Waals surface area contributed by atoms with Gasteiger partial charge < -0.3 is 10.0 Å². The molecule has 2 atom stereocenters. The van der Waals surface area contributed by atoms with Gasteiger partial charge in [0.05, 0.1) is 17.8 Å². The van der Waals surface area contributed by atoms with Crippen molar-refractivity contribution >= 4 is 5.91 Å². The van der Waals surface area contributed by atoms with Crippen LogP contribution in [-0.2, 0) is 12.5 Å². The molecular formula is C23H30N4O2. The number of aliphatic hydroxyl groups excluding tert-OH is 1. The lowest BCUT2D eigenvalue weighted by atomic mass is 9.72. The van der Waals surface area contributed by atoms with E-state index in [0.29, 0.717) is 18.8 Å². The molecule has 5 rings (SSSR count). The van der Waals surface area contributed by atoms with Gasteiger partial charge in [-0.05, 0) is 62.9 Å². The van der Waals surface area contributed by atoms with E-state index in [0.717, 1.165) is 31.6 Å². The molecule has 2 aliphatic heterocycles. The Balaban J connectivity index is 1.41. The predicted octanol–water partition coefficient (Wildman–Crippen LogP) is 2.41. The van der Waals surface area contributed by atoms with Crippen LogP contribution in [0.3, 0.4) is 0 Å². The van der Waals surface area contributed by atoms with E-state index >= 15 is 0 Å². The van der Waals surface area contributed by atoms with Gasteiger partial charge in [-0.25, -0.2) is 0 Å². The minimum Gasteiger partial charge on any atom is -0.390 e. The lowest BCUT2D eigenvalue weighted by Crippen LogP contribution is -2.51. The first-order chi connectivity index (χ1) is 14.0. The van der Waals surface area contributed by atoms with E-state index in [1.54, 1.807) is 4.68 Å². The molecule has 1 N–H and O–H groups in total. The smallest absolute Gasteiger partial charge is 0.272 e. The second-order valence-electron chi connectivity index (χ2n) is 8.96. The van der Waals surface area contributed by atoms with Crippen molar-refractivity contribution in [1.29, 1.82) is 0 Å². The van der Waals surface area contributed by atoms with Gasteiger partial charge in [0, 0.05) is 25.6 Å². The van der Waals surface area contributed by atoms with Crippen molar-refractivity contribution in [1.82, 2.24) is 19.6 Å². The molecule has 0 radical (unpaired) electrons. The van der Waals surface area contributed by atoms with Gasteiger partial charge >= 0.3 is 0 Å². The first-order valence-corrected chi connectivity index (χ1v) is 10.8. The van der Waals surface area contributed by atoms with Crippen LogP contribution in [0, 0.1) is 6.92 Å². The molecule has 1 aliphatic carbocycles. The average molecular weight is 395 g/mol. The molecular weight excluding hydrogens is 364 g/mol. The number of amides is 1. The minimum atomic E-state index is -0.408. The highest BCUT2D eigenvalue weighted by Crippen LogP contribution is 2.53. The number of fused-ring (bicyclic) bond motifs is 2. The molecule has 1 amide bonds. The van der Waals surface area contributed by atoms with Crippen LogP contribution in [0.15, 0.2) is 30.3 Å². The third kappa shape index (κ3) is 2.84. The maximum atomic E-state index is 13.0. The summed E-state index contributed by atoms with van der Waals surface area (Å²) in [6.07, 6.45) is 3.63. The number of aliphatic hydroxyl groups is 1. The Hall–Kier alpha value is -2.18. The van der Waals surface area contributed by atoms with Gasteiger partial charge in [0.2, 0.25) is 0 Å². The van der Waals surface area contributed by atoms with E-state index in [2.05, 4.69) is 34.3 Å². The Morgan fingerprint density at radius 2 is 1.83 bits per heavy atom. The third-order valence-electron chi connectivity index (χ3n) is 7.38. The molecule has 3 heterocycles. The monoisotopic (exact) mass is 394 g/mol. The second-order valence-corrected chi connectivity index (χ2v) is 8.96. The van der Waals surface area contributed by atoms with Crippen molar-refractivity contribution in [2.24, 2.45) is 7.05 Å². The van der Waals surface area contributed by atoms with E-state index in [9.17, 15) is 9.90 Å². The van der Waals surface area contributed by atoms with Gasteiger partial charge in [0.15, 0.2) is 0 Å². The van der Waals surface area contributed by atoms with Gasteiger partial charge in [0.25, 0.3) is 5.91 Å². The number of hydrogen-bond acceptors (Lipinski definition) is 4. The molecule has 6 nitrogen and oxygen atoms in total. The molecule has 29 heavy (non-hydrogen) atoms. The highest BCUT2D eigenvalue weighted by Gasteiger charge is 2.54. The summed E-state index contributed by atoms with van der Waals surface area (Å²) < 4.78 is 1.67. The zero-order valence-corrected chi connectivity index (χ0v) is 17.3. The number of nitrogens with zero attached hydrogens (tertiary/aromatic N) is 4. The van der Waals surface area contributed by atoms with Crippen molar-refractivity contribution in [2.75, 3.05) is 26.2 Å². The van der Waals surface area contributed by atoms with E-state index in [4.69, 9.17) is 0 Å². The van der Waals surface area contributed by atoms with Gasteiger partial charge in [-0.3, -0.25) is 14.4 Å². The summed E-state index contributed by atoms with van der Waals surface area (Å²) in [7, 11) is 1.82. The number of hydrogen-bond donors (Lipinski definition) is 1. The predicted molar refractivity (Wildman–Crippen MR) is 111 cm³/mol. The van der Waals surface area contributed by atoms with Gasteiger partial charge in [-0.15, -0.1) is 0 Å². The summed E-state index contributed by atoms with van der Waals surface area (Å²) in [6.45, 7) is 5.38. The lowest BCUT2D eigenvalue weighted by molar-refractivity contribution is -0.00790. The number of carbonyl (C=O) groups excluding carboxylic acids is 1. The molecule has 1 spiro atoms. The largest absolute Gasteiger partial charge is 0.390 e. The van der Waals surface area contributed by atoms with Crippen molar-refractivity contribution in [2.45, 2.75) is 50.2 Å². The normalized spacial score (nSPS) is 26.2. The Morgan fingerprint density at radius 1 is 1.14 bits per heavy atom. The summed E-state index contributed by atoms with van der Waals surface area (Å²) in [5, 5.41) is 15.9. The molecule has 0 unspecified atom stereocenters. The van der Waals surface area contributed by atoms with E-state index in [1.165, 1.54) is 24.0 Å². The van der Waals surface area contributed by atoms with Crippen molar-refractivity contribution in [3.8, 4) is 0 Å². The summed E-state index contributed by atoms with van der Waals surface area (Å²) in [5.74, 6) is 0.0415. The fourth-order valence-corrected chi connectivity index (χ4v) is 5.90. The van der Waals surface area contributed by atoms with Crippen LogP contribution in [-0.4, -0.2) is 62.9 Å². The van der Waals surface area contributed by atoms with Crippen LogP contribution >= 0.6 is 0 Å². The standard InChI is InChI=1S/C23H30N4O2/c1-16-15-19(25(2)24-16)22(29)27-13-9-23(10-14-27)18-8-4-3-7-17(18)20(21(23)28)26-11-5-6-12-26/h3-4,7-8,15,20-21,28H,5-6,9-14H2,1-2H3/t20-,21+/m1/s1. The molecule has 2 aromatic rings. The van der Waals surface area contributed by atoms with Gasteiger partial charge in [-0.1, -0.05) is 24.3 Å². The van der Waals surface area contributed by atoms with Gasteiger partial charge in [0.1, 0.15) is 5.69 Å². The Bertz CT molecular complexity index is 923. The number of benzene rings is 1. The maximum absolute atomic E-state index is 13.0. The Morgan fingerprint density at radius 3 is 2.48 bits per heavy atom. The average Bonchev–Trinajstić information content (AvgIpc) is 3.42. The topological polar surface area (TPSA) is 61.6 Å². The minimum absolute atomic E-state index is 0.0415. The zero-order chi connectivity index (χ0) is 20.2. The molecule has 1 aromatic carbocycles. The number of piperidine rings is 1. The van der Waals surface area contributed by atoms with Crippen molar-refractivity contribution in [3.05, 3.63) is 52.8 Å². The quantitative estimate of drug-likeness (QED) is 0.850. The Labute approximate surface area is 172 Å².